The number of rotatable bonds is 0. The topological polar surface area (TPSA) is 0 Å². The molecule has 39 saturated carbocycles. The van der Waals surface area contributed by atoms with E-state index < -0.39 is 0 Å². The average molecular weight is 1230 g/mol. The van der Waals surface area contributed by atoms with Crippen LogP contribution >= 0.6 is 0 Å². The number of hydrogen-bond donors (Lipinski definition) is 0. The summed E-state index contributed by atoms with van der Waals surface area (Å²) in [6, 6.07) is 0. The first-order valence-corrected chi connectivity index (χ1v) is 45.0. The van der Waals surface area contributed by atoms with Gasteiger partial charge < -0.3 is 0 Å². The molecule has 24 bridgehead atoms. The van der Waals surface area contributed by atoms with Crippen molar-refractivity contribution in [2.75, 3.05) is 0 Å². The summed E-state index contributed by atoms with van der Waals surface area (Å²) in [6.07, 6.45) is 75.8. The Labute approximate surface area is 558 Å². The fraction of sp³-hybridized carbons (Fsp3) is 1.00. The summed E-state index contributed by atoms with van der Waals surface area (Å²) >= 11 is 0. The van der Waals surface area contributed by atoms with Crippen molar-refractivity contribution in [2.45, 2.75) is 308 Å². The second kappa shape index (κ2) is 22.0. The molecule has 0 aromatic heterocycles. The molecule has 1 spiro atoms. The third-order valence-electron chi connectivity index (χ3n) is 41.0. The monoisotopic (exact) mass is 1230 g/mol. The fourth-order valence-electron chi connectivity index (χ4n) is 38.0. The van der Waals surface area contributed by atoms with E-state index >= 15 is 0 Å². The molecule has 0 heteroatoms. The fourth-order valence-corrected chi connectivity index (χ4v) is 38.0. The van der Waals surface area contributed by atoms with Crippen LogP contribution in [0.2, 0.25) is 0 Å². The van der Waals surface area contributed by atoms with Gasteiger partial charge in [0.05, 0.1) is 0 Å². The van der Waals surface area contributed by atoms with Crippen molar-refractivity contribution in [1.82, 2.24) is 0 Å². The molecule has 15 unspecified atom stereocenters. The average Bonchev–Trinajstić information content (AvgIpc) is 0.978. The minimum atomic E-state index is 0.906. The molecule has 0 aromatic carbocycles. The zero-order valence-corrected chi connectivity index (χ0v) is 58.7. The van der Waals surface area contributed by atoms with Gasteiger partial charge >= 0.3 is 0 Å². The van der Waals surface area contributed by atoms with E-state index in [-0.39, 0.29) is 0 Å². The molecule has 0 amide bonds. The van der Waals surface area contributed by atoms with Gasteiger partial charge in [-0.25, -0.2) is 0 Å². The van der Waals surface area contributed by atoms with Crippen LogP contribution in [0.3, 0.4) is 0 Å². The van der Waals surface area contributed by atoms with Crippen molar-refractivity contribution in [3.63, 3.8) is 0 Å². The van der Waals surface area contributed by atoms with Crippen molar-refractivity contribution in [3.05, 3.63) is 0 Å². The van der Waals surface area contributed by atoms with E-state index in [4.69, 9.17) is 0 Å². The Kier molecular flexibility index (Phi) is 14.0. The summed E-state index contributed by atoms with van der Waals surface area (Å²) in [7, 11) is 0. The third-order valence-corrected chi connectivity index (χ3v) is 41.0. The lowest BCUT2D eigenvalue weighted by Crippen LogP contribution is -3.00. The van der Waals surface area contributed by atoms with Crippen LogP contribution in [0.4, 0.5) is 0 Å². The first kappa shape index (κ1) is 57.7. The second-order valence-corrected chi connectivity index (χ2v) is 43.8. The molecular formula is C91H138. The third kappa shape index (κ3) is 9.08. The van der Waals surface area contributed by atoms with E-state index in [0.717, 1.165) is 11.3 Å². The van der Waals surface area contributed by atoms with Crippen molar-refractivity contribution >= 4 is 0 Å². The minimum absolute atomic E-state index is 0.906. The van der Waals surface area contributed by atoms with E-state index in [0.29, 0.717) is 0 Å². The minimum Gasteiger partial charge on any atom is -0.0533 e. The molecule has 502 valence electrons. The molecule has 39 aliphatic rings. The highest BCUT2D eigenvalue weighted by Crippen LogP contribution is 3.01. The zero-order chi connectivity index (χ0) is 58.7. The Morgan fingerprint density at radius 1 is 0.154 bits per heavy atom. The predicted molar refractivity (Wildman–Crippen MR) is 371 cm³/mol. The molecular weight excluding hydrogens is 1090 g/mol. The van der Waals surface area contributed by atoms with Crippen molar-refractivity contribution < 1.29 is 0 Å². The quantitative estimate of drug-likeness (QED) is 0.227. The molecule has 0 nitrogen and oxygen atoms in total. The van der Waals surface area contributed by atoms with Crippen molar-refractivity contribution in [1.29, 1.82) is 0 Å². The van der Waals surface area contributed by atoms with Gasteiger partial charge in [-0.05, 0) is 447 Å². The smallest absolute Gasteiger partial charge is 0.0266 e. The largest absolute Gasteiger partial charge is 0.0533 e. The lowest BCUT2D eigenvalue weighted by molar-refractivity contribution is -0.565. The highest BCUT2D eigenvalue weighted by molar-refractivity contribution is 5.44. The van der Waals surface area contributed by atoms with Gasteiger partial charge in [0.15, 0.2) is 0 Å². The molecule has 0 N–H and O–H groups in total. The van der Waals surface area contributed by atoms with Crippen LogP contribution in [-0.2, 0) is 0 Å². The van der Waals surface area contributed by atoms with Crippen LogP contribution < -0.4 is 0 Å². The molecule has 0 saturated heterocycles. The number of fused-ring (bicyclic) bond motifs is 6. The summed E-state index contributed by atoms with van der Waals surface area (Å²) in [4.78, 5) is 0. The molecule has 39 fully saturated rings. The molecule has 39 rings (SSSR count). The molecule has 0 heterocycles. The Morgan fingerprint density at radius 3 is 0.890 bits per heavy atom. The Bertz CT molecular complexity index is 2310. The molecule has 91 heavy (non-hydrogen) atoms. The normalized spacial score (nSPS) is 64.6. The van der Waals surface area contributed by atoms with Crippen LogP contribution in [0.15, 0.2) is 0 Å². The predicted octanol–water partition coefficient (Wildman–Crippen LogP) is 23.9. The molecule has 0 radical (unpaired) electrons. The lowest BCUT2D eigenvalue weighted by Gasteiger charge is -3.03. The molecule has 15 atom stereocenters. The Morgan fingerprint density at radius 2 is 0.484 bits per heavy atom. The summed E-state index contributed by atoms with van der Waals surface area (Å²) in [5.41, 5.74) is 0.906. The summed E-state index contributed by atoms with van der Waals surface area (Å²) in [5, 5.41) is 0. The maximum absolute atomic E-state index is 1.68. The highest BCUT2D eigenvalue weighted by atomic mass is 15.0. The Balaban J connectivity index is 0.0000000648. The zero-order valence-electron chi connectivity index (χ0n) is 58.7. The standard InChI is InChI=1S/C11H14.2C11H18.C10H16.C9H14.C8H8.2C7H10.C6H8.C6H12.C5H10/c1-4-5-2-9-8(1)10-6(4)3-7(5)11(9)10;1-3-9-7-10-4-2-6-11(10,5-1)8-9;1-2-4-10-9-5-6-11(10)8(3-1)7-9;1-7-2-9-4-8(1)5-10(3-7)6-9;1-6-2-8-4-7(1)5-9(8)3-6;1-2-5-3(1)7-4(1)6(2)8(5)7;1-4-2-6-5(1)7(6)3-4;1-2-4-6-5(3-1)7(4)6;1-2-4-5-3(1)6(4)5;1-2-4-6-5-3-1;1-2-4-5-3-1/h4-11H,1-3H2;9-10H,1-8H2;8-11H,1-7H2;7-10H,1-6H2;6-9H,1-5H2;1-8H;2*4-7H,1-3H2;3-6H,1-2H2;1-6H2;1-5H2. The maximum atomic E-state index is 1.68. The van der Waals surface area contributed by atoms with Crippen LogP contribution in [0.5, 0.6) is 0 Å². The van der Waals surface area contributed by atoms with Crippen molar-refractivity contribution in [3.8, 4) is 0 Å². The highest BCUT2D eigenvalue weighted by Gasteiger charge is 2.97. The van der Waals surface area contributed by atoms with E-state index in [9.17, 15) is 0 Å². The van der Waals surface area contributed by atoms with Crippen LogP contribution in [0.25, 0.3) is 0 Å². The van der Waals surface area contributed by atoms with Gasteiger partial charge in [0, 0.05) is 0 Å². The van der Waals surface area contributed by atoms with E-state index in [1.165, 1.54) is 313 Å². The van der Waals surface area contributed by atoms with Crippen molar-refractivity contribution in [2.24, 2.45) is 254 Å². The molecule has 39 aliphatic carbocycles. The number of hydrogen-bond acceptors (Lipinski definition) is 0. The maximum Gasteiger partial charge on any atom is -0.0266 e. The molecule has 0 aromatic rings. The van der Waals surface area contributed by atoms with E-state index in [1.807, 2.05) is 0 Å². The summed E-state index contributed by atoms with van der Waals surface area (Å²) in [6.45, 7) is 0. The lowest BCUT2D eigenvalue weighted by atomic mass is 9.01. The molecule has 0 aliphatic heterocycles. The van der Waals surface area contributed by atoms with Gasteiger partial charge in [-0.1, -0.05) is 116 Å². The van der Waals surface area contributed by atoms with Crippen LogP contribution in [-0.4, -0.2) is 0 Å². The van der Waals surface area contributed by atoms with Gasteiger partial charge in [-0.3, -0.25) is 0 Å². The first-order chi connectivity index (χ1) is 45.0. The van der Waals surface area contributed by atoms with E-state index in [2.05, 4.69) is 0 Å². The summed E-state index contributed by atoms with van der Waals surface area (Å²) < 4.78 is 0. The van der Waals surface area contributed by atoms with Crippen LogP contribution in [0.1, 0.15) is 308 Å². The first-order valence-electron chi connectivity index (χ1n) is 45.0. The van der Waals surface area contributed by atoms with Gasteiger partial charge in [0.2, 0.25) is 0 Å². The van der Waals surface area contributed by atoms with Gasteiger partial charge in [-0.15, -0.1) is 0 Å². The summed E-state index contributed by atoms with van der Waals surface area (Å²) in [5.74, 6) is 52.6. The SMILES string of the molecule is C12C3C4C1C1C2C3C41.C1C2C3CC4C5CC3C1C5C24.C1C2CC3C1C3C2.C1C2CC3CC1CC(C2)C3.C1C2CC3CC1CC3C2.C1CC2C3C(C1)C23.C1CC2C3C1C23.C1CC2CC3CCCC3(C1)C2.C1CCC2C3CCC2C(C1)C3.C1CCCC1.C1CCCCC1. The second-order valence-electron chi connectivity index (χ2n) is 43.8. The van der Waals surface area contributed by atoms with Crippen LogP contribution in [0, 0.1) is 254 Å². The van der Waals surface area contributed by atoms with Gasteiger partial charge in [-0.2, -0.15) is 0 Å². The van der Waals surface area contributed by atoms with Gasteiger partial charge in [0.1, 0.15) is 0 Å². The Hall–Kier alpha value is 0. The van der Waals surface area contributed by atoms with Gasteiger partial charge in [0.25, 0.3) is 0 Å². The van der Waals surface area contributed by atoms with E-state index in [1.54, 1.807) is 238 Å².